The number of carbonyl (C=O) groups excluding carboxylic acids is 2. The van der Waals surface area contributed by atoms with E-state index in [4.69, 9.17) is 0 Å². The van der Waals surface area contributed by atoms with E-state index in [0.717, 1.165) is 5.56 Å². The van der Waals surface area contributed by atoms with Crippen LogP contribution >= 0.6 is 0 Å². The molecule has 1 atom stereocenters. The molecule has 128 valence electrons. The molecule has 0 aromatic heterocycles. The zero-order valence-electron chi connectivity index (χ0n) is 13.4. The number of benzene rings is 2. The molecule has 0 saturated carbocycles. The van der Waals surface area contributed by atoms with Gasteiger partial charge in [0.2, 0.25) is 0 Å². The SMILES string of the molecule is CC1(c2ccc(NCc3ccccc3)c([N+](=O)[O-])c2)NC(=O)NC1=O. The highest BCUT2D eigenvalue weighted by Crippen LogP contribution is 2.32. The van der Waals surface area contributed by atoms with Crippen LogP contribution in [-0.4, -0.2) is 16.9 Å². The first kappa shape index (κ1) is 16.4. The second-order valence-corrected chi connectivity index (χ2v) is 5.86. The Balaban J connectivity index is 1.90. The molecular formula is C17H16N4O4. The first-order valence-corrected chi connectivity index (χ1v) is 7.60. The molecule has 2 aromatic carbocycles. The number of carbonyl (C=O) groups is 2. The molecule has 1 saturated heterocycles. The number of amides is 3. The lowest BCUT2D eigenvalue weighted by Crippen LogP contribution is -2.40. The average molecular weight is 340 g/mol. The van der Waals surface area contributed by atoms with Crippen LogP contribution in [0.5, 0.6) is 0 Å². The molecular weight excluding hydrogens is 324 g/mol. The predicted octanol–water partition coefficient (Wildman–Crippen LogP) is 2.26. The zero-order chi connectivity index (χ0) is 18.0. The van der Waals surface area contributed by atoms with Crippen molar-refractivity contribution in [2.24, 2.45) is 0 Å². The van der Waals surface area contributed by atoms with E-state index in [2.05, 4.69) is 16.0 Å². The molecule has 0 spiro atoms. The second kappa shape index (κ2) is 6.23. The van der Waals surface area contributed by atoms with Gasteiger partial charge in [-0.15, -0.1) is 0 Å². The molecule has 3 amide bonds. The maximum Gasteiger partial charge on any atom is 0.322 e. The molecule has 0 aliphatic carbocycles. The van der Waals surface area contributed by atoms with Gasteiger partial charge in [-0.1, -0.05) is 36.4 Å². The normalized spacial score (nSPS) is 19.2. The van der Waals surface area contributed by atoms with Crippen molar-refractivity contribution in [2.45, 2.75) is 19.0 Å². The van der Waals surface area contributed by atoms with Gasteiger partial charge in [-0.3, -0.25) is 20.2 Å². The third-order valence-electron chi connectivity index (χ3n) is 4.14. The van der Waals surface area contributed by atoms with Crippen LogP contribution < -0.4 is 16.0 Å². The smallest absolute Gasteiger partial charge is 0.322 e. The molecule has 0 bridgehead atoms. The van der Waals surface area contributed by atoms with Gasteiger partial charge in [-0.05, 0) is 24.1 Å². The molecule has 25 heavy (non-hydrogen) atoms. The highest BCUT2D eigenvalue weighted by atomic mass is 16.6. The van der Waals surface area contributed by atoms with Crippen molar-refractivity contribution in [3.63, 3.8) is 0 Å². The Labute approximate surface area is 143 Å². The summed E-state index contributed by atoms with van der Waals surface area (Å²) in [7, 11) is 0. The Hall–Kier alpha value is -3.42. The maximum absolute atomic E-state index is 12.0. The largest absolute Gasteiger partial charge is 0.375 e. The van der Waals surface area contributed by atoms with Crippen molar-refractivity contribution < 1.29 is 14.5 Å². The minimum absolute atomic E-state index is 0.163. The van der Waals surface area contributed by atoms with Crippen LogP contribution in [-0.2, 0) is 16.9 Å². The Morgan fingerprint density at radius 3 is 2.48 bits per heavy atom. The Bertz CT molecular complexity index is 853. The summed E-state index contributed by atoms with van der Waals surface area (Å²) in [5, 5.41) is 19.1. The molecule has 3 rings (SSSR count). The summed E-state index contributed by atoms with van der Waals surface area (Å²) in [5.41, 5.74) is 0.164. The number of nitrogens with zero attached hydrogens (tertiary/aromatic N) is 1. The Kier molecular flexibility index (Phi) is 4.10. The summed E-state index contributed by atoms with van der Waals surface area (Å²) in [5.74, 6) is -0.545. The number of nitro benzene ring substituents is 1. The molecule has 1 unspecified atom stereocenters. The molecule has 0 radical (unpaired) electrons. The first-order valence-electron chi connectivity index (χ1n) is 7.60. The number of nitro groups is 1. The van der Waals surface area contributed by atoms with Gasteiger partial charge in [-0.25, -0.2) is 4.79 Å². The van der Waals surface area contributed by atoms with E-state index in [1.165, 1.54) is 13.0 Å². The van der Waals surface area contributed by atoms with Crippen LogP contribution in [0.4, 0.5) is 16.2 Å². The van der Waals surface area contributed by atoms with Crippen LogP contribution in [0.25, 0.3) is 0 Å². The second-order valence-electron chi connectivity index (χ2n) is 5.86. The van der Waals surface area contributed by atoms with Gasteiger partial charge >= 0.3 is 6.03 Å². The van der Waals surface area contributed by atoms with Gasteiger partial charge in [0.15, 0.2) is 0 Å². The van der Waals surface area contributed by atoms with Gasteiger partial charge in [0.05, 0.1) is 4.92 Å². The lowest BCUT2D eigenvalue weighted by atomic mass is 9.91. The quantitative estimate of drug-likeness (QED) is 0.439. The van der Waals surface area contributed by atoms with Gasteiger partial charge in [0.1, 0.15) is 11.2 Å². The summed E-state index contributed by atoms with van der Waals surface area (Å²) in [6.45, 7) is 1.93. The number of rotatable bonds is 5. The topological polar surface area (TPSA) is 113 Å². The van der Waals surface area contributed by atoms with E-state index >= 15 is 0 Å². The fourth-order valence-electron chi connectivity index (χ4n) is 2.68. The third kappa shape index (κ3) is 3.14. The highest BCUT2D eigenvalue weighted by Gasteiger charge is 2.44. The van der Waals surface area contributed by atoms with Crippen molar-refractivity contribution in [3.8, 4) is 0 Å². The highest BCUT2D eigenvalue weighted by molar-refractivity contribution is 6.07. The molecule has 1 heterocycles. The van der Waals surface area contributed by atoms with Crippen molar-refractivity contribution in [3.05, 3.63) is 69.8 Å². The minimum Gasteiger partial charge on any atom is -0.375 e. The van der Waals surface area contributed by atoms with E-state index in [1.54, 1.807) is 12.1 Å². The van der Waals surface area contributed by atoms with Crippen LogP contribution in [0.15, 0.2) is 48.5 Å². The first-order chi connectivity index (χ1) is 11.9. The number of urea groups is 1. The fourth-order valence-corrected chi connectivity index (χ4v) is 2.68. The lowest BCUT2D eigenvalue weighted by molar-refractivity contribution is -0.384. The number of nitrogens with one attached hydrogen (secondary N) is 3. The van der Waals surface area contributed by atoms with Gasteiger partial charge in [0, 0.05) is 12.6 Å². The molecule has 8 nitrogen and oxygen atoms in total. The number of imide groups is 1. The summed E-state index contributed by atoms with van der Waals surface area (Å²) >= 11 is 0. The number of hydrogen-bond donors (Lipinski definition) is 3. The van der Waals surface area contributed by atoms with Gasteiger partial charge in [0.25, 0.3) is 11.6 Å². The van der Waals surface area contributed by atoms with E-state index in [1.807, 2.05) is 30.3 Å². The molecule has 8 heteroatoms. The van der Waals surface area contributed by atoms with E-state index in [-0.39, 0.29) is 5.69 Å². The van der Waals surface area contributed by atoms with Crippen LogP contribution in [0, 0.1) is 10.1 Å². The van der Waals surface area contributed by atoms with E-state index in [9.17, 15) is 19.7 Å². The molecule has 2 aromatic rings. The molecule has 1 aliphatic rings. The monoisotopic (exact) mass is 340 g/mol. The van der Waals surface area contributed by atoms with E-state index < -0.39 is 22.4 Å². The summed E-state index contributed by atoms with van der Waals surface area (Å²) in [6.07, 6.45) is 0. The van der Waals surface area contributed by atoms with Gasteiger partial charge in [-0.2, -0.15) is 0 Å². The van der Waals surface area contributed by atoms with Crippen LogP contribution in [0.2, 0.25) is 0 Å². The Morgan fingerprint density at radius 2 is 1.88 bits per heavy atom. The lowest BCUT2D eigenvalue weighted by Gasteiger charge is -2.21. The molecule has 1 aliphatic heterocycles. The standard InChI is InChI=1S/C17H16N4O4/c1-17(15(22)19-16(23)20-17)12-7-8-13(14(9-12)21(24)25)18-10-11-5-3-2-4-6-11/h2-9,18H,10H2,1H3,(H2,19,20,22,23). The van der Waals surface area contributed by atoms with Crippen LogP contribution in [0.1, 0.15) is 18.1 Å². The van der Waals surface area contributed by atoms with Crippen molar-refractivity contribution in [1.82, 2.24) is 10.6 Å². The fraction of sp³-hybridized carbons (Fsp3) is 0.176. The summed E-state index contributed by atoms with van der Waals surface area (Å²) in [6, 6.07) is 13.3. The van der Waals surface area contributed by atoms with Gasteiger partial charge < -0.3 is 10.6 Å². The molecule has 1 fully saturated rings. The third-order valence-corrected chi connectivity index (χ3v) is 4.14. The summed E-state index contributed by atoms with van der Waals surface area (Å²) < 4.78 is 0. The maximum atomic E-state index is 12.0. The predicted molar refractivity (Wildman–Crippen MR) is 90.9 cm³/mol. The number of anilines is 1. The summed E-state index contributed by atoms with van der Waals surface area (Å²) in [4.78, 5) is 34.3. The van der Waals surface area contributed by atoms with Crippen molar-refractivity contribution in [2.75, 3.05) is 5.32 Å². The molecule has 3 N–H and O–H groups in total. The van der Waals surface area contributed by atoms with Crippen molar-refractivity contribution in [1.29, 1.82) is 0 Å². The average Bonchev–Trinajstić information content (AvgIpc) is 2.86. The minimum atomic E-state index is -1.33. The zero-order valence-corrected chi connectivity index (χ0v) is 13.4. The number of hydrogen-bond acceptors (Lipinski definition) is 5. The Morgan fingerprint density at radius 1 is 1.16 bits per heavy atom. The van der Waals surface area contributed by atoms with E-state index in [0.29, 0.717) is 17.8 Å². The van der Waals surface area contributed by atoms with Crippen LogP contribution in [0.3, 0.4) is 0 Å². The van der Waals surface area contributed by atoms with Crippen molar-refractivity contribution >= 4 is 23.3 Å².